The van der Waals surface area contributed by atoms with Crippen molar-refractivity contribution < 1.29 is 25.8 Å². The summed E-state index contributed by atoms with van der Waals surface area (Å²) in [6.45, 7) is 0. The minimum atomic E-state index is -5.92. The predicted molar refractivity (Wildman–Crippen MR) is 133 cm³/mol. The second-order valence-corrected chi connectivity index (χ2v) is 9.62. The van der Waals surface area contributed by atoms with Crippen molar-refractivity contribution in [1.82, 2.24) is 19.5 Å². The van der Waals surface area contributed by atoms with Gasteiger partial charge in [0, 0.05) is 28.9 Å². The molecule has 0 aliphatic rings. The fourth-order valence-corrected chi connectivity index (χ4v) is 4.80. The first-order valence-electron chi connectivity index (χ1n) is 11.0. The zero-order chi connectivity index (χ0) is 25.8. The van der Waals surface area contributed by atoms with E-state index in [9.17, 15) is 21.6 Å². The van der Waals surface area contributed by atoms with E-state index in [0.717, 1.165) is 6.07 Å². The number of alkyl halides is 3. The van der Waals surface area contributed by atoms with Gasteiger partial charge in [-0.1, -0.05) is 30.3 Å². The van der Waals surface area contributed by atoms with E-state index in [-0.39, 0.29) is 11.4 Å². The monoisotopic (exact) mass is 520 g/mol. The highest BCUT2D eigenvalue weighted by atomic mass is 32.2. The van der Waals surface area contributed by atoms with Gasteiger partial charge in [-0.2, -0.15) is 21.6 Å². The topological polar surface area (TPSA) is 87.0 Å². The largest absolute Gasteiger partial charge is 0.534 e. The third-order valence-corrected chi connectivity index (χ3v) is 6.82. The molecule has 0 N–H and O–H groups in total. The summed E-state index contributed by atoms with van der Waals surface area (Å²) < 4.78 is 69.6. The van der Waals surface area contributed by atoms with E-state index < -0.39 is 21.4 Å². The molecule has 3 heterocycles. The van der Waals surface area contributed by atoms with Crippen molar-refractivity contribution in [3.05, 3.63) is 91.3 Å². The van der Waals surface area contributed by atoms with Gasteiger partial charge in [0.25, 0.3) is 0 Å². The molecule has 0 radical (unpaired) electrons. The van der Waals surface area contributed by atoms with Crippen LogP contribution in [-0.4, -0.2) is 33.4 Å². The van der Waals surface area contributed by atoms with Crippen LogP contribution in [0.15, 0.2) is 91.3 Å². The van der Waals surface area contributed by atoms with Crippen molar-refractivity contribution in [3.8, 4) is 22.8 Å². The van der Waals surface area contributed by atoms with E-state index in [1.54, 1.807) is 35.2 Å². The lowest BCUT2D eigenvalue weighted by atomic mass is 10.1. The Morgan fingerprint density at radius 2 is 1.35 bits per heavy atom. The summed E-state index contributed by atoms with van der Waals surface area (Å²) >= 11 is 0. The molecule has 37 heavy (non-hydrogen) atoms. The van der Waals surface area contributed by atoms with Gasteiger partial charge in [0.1, 0.15) is 5.82 Å². The maximum atomic E-state index is 13.2. The Morgan fingerprint density at radius 3 is 2.05 bits per heavy atom. The van der Waals surface area contributed by atoms with Crippen LogP contribution >= 0.6 is 0 Å². The van der Waals surface area contributed by atoms with Crippen LogP contribution in [0.25, 0.3) is 49.9 Å². The minimum Gasteiger partial charge on any atom is -0.375 e. The zero-order valence-electron chi connectivity index (χ0n) is 18.7. The van der Waals surface area contributed by atoms with Crippen LogP contribution in [0.4, 0.5) is 13.2 Å². The molecule has 0 amide bonds. The molecule has 6 aromatic rings. The standard InChI is InChI=1S/C26H15F3N4O3S/c27-26(28,29)37(34,35)36-20-13-5-4-10-17(20)25-32-23-18-11-6-14-30-21(18)22-19(12-7-15-31-22)24(23)33(25)16-8-2-1-3-9-16/h1-15H. The van der Waals surface area contributed by atoms with Crippen LogP contribution in [0.1, 0.15) is 0 Å². The third kappa shape index (κ3) is 3.66. The van der Waals surface area contributed by atoms with E-state index in [1.807, 2.05) is 42.5 Å². The molecule has 0 saturated heterocycles. The Balaban J connectivity index is 1.76. The van der Waals surface area contributed by atoms with E-state index in [0.29, 0.717) is 38.5 Å². The smallest absolute Gasteiger partial charge is 0.375 e. The third-order valence-electron chi connectivity index (χ3n) is 5.85. The first-order valence-corrected chi connectivity index (χ1v) is 12.4. The molecule has 0 bridgehead atoms. The highest BCUT2D eigenvalue weighted by Gasteiger charge is 2.49. The number of halogens is 3. The summed E-state index contributed by atoms with van der Waals surface area (Å²) in [5, 5.41) is 1.40. The van der Waals surface area contributed by atoms with Gasteiger partial charge in [0.2, 0.25) is 0 Å². The Labute approximate surface area is 207 Å². The van der Waals surface area contributed by atoms with E-state index >= 15 is 0 Å². The summed E-state index contributed by atoms with van der Waals surface area (Å²) in [5.41, 5.74) is -2.48. The molecule has 0 atom stereocenters. The number of pyridine rings is 2. The number of rotatable bonds is 4. The van der Waals surface area contributed by atoms with Gasteiger partial charge in [0.15, 0.2) is 5.75 Å². The van der Waals surface area contributed by atoms with Crippen molar-refractivity contribution in [2.75, 3.05) is 0 Å². The number of imidazole rings is 1. The maximum Gasteiger partial charge on any atom is 0.534 e. The molecular weight excluding hydrogens is 505 g/mol. The van der Waals surface area contributed by atoms with Gasteiger partial charge in [-0.15, -0.1) is 0 Å². The van der Waals surface area contributed by atoms with Crippen molar-refractivity contribution in [3.63, 3.8) is 0 Å². The molecule has 0 aliphatic heterocycles. The Bertz CT molecular complexity index is 1920. The molecule has 0 saturated carbocycles. The molecule has 7 nitrogen and oxygen atoms in total. The first-order chi connectivity index (χ1) is 17.8. The number of para-hydroxylation sites is 2. The van der Waals surface area contributed by atoms with Crippen LogP contribution in [0.2, 0.25) is 0 Å². The molecule has 6 rings (SSSR count). The Morgan fingerprint density at radius 1 is 0.730 bits per heavy atom. The summed E-state index contributed by atoms with van der Waals surface area (Å²) in [5.74, 6) is -0.312. The van der Waals surface area contributed by atoms with Crippen molar-refractivity contribution in [2.45, 2.75) is 5.51 Å². The molecule has 0 aliphatic carbocycles. The number of aromatic nitrogens is 4. The Kier molecular flexibility index (Phi) is 5.12. The van der Waals surface area contributed by atoms with E-state index in [4.69, 9.17) is 4.98 Å². The molecule has 0 unspecified atom stereocenters. The summed E-state index contributed by atoms with van der Waals surface area (Å²) in [7, 11) is -5.92. The van der Waals surface area contributed by atoms with Gasteiger partial charge in [-0.3, -0.25) is 14.5 Å². The maximum absolute atomic E-state index is 13.2. The number of nitrogens with zero attached hydrogens (tertiary/aromatic N) is 4. The van der Waals surface area contributed by atoms with Crippen LogP contribution < -0.4 is 4.18 Å². The predicted octanol–water partition coefficient (Wildman–Crippen LogP) is 6.02. The highest BCUT2D eigenvalue weighted by Crippen LogP contribution is 2.40. The fraction of sp³-hybridized carbons (Fsp3) is 0.0385. The van der Waals surface area contributed by atoms with Crippen LogP contribution in [0.5, 0.6) is 5.75 Å². The normalized spacial score (nSPS) is 12.4. The minimum absolute atomic E-state index is 0.0597. The number of hydrogen-bond donors (Lipinski definition) is 0. The molecule has 11 heteroatoms. The van der Waals surface area contributed by atoms with Gasteiger partial charge in [-0.25, -0.2) is 4.98 Å². The number of benzene rings is 3. The highest BCUT2D eigenvalue weighted by molar-refractivity contribution is 7.88. The van der Waals surface area contributed by atoms with Crippen molar-refractivity contribution >= 4 is 43.0 Å². The van der Waals surface area contributed by atoms with Gasteiger partial charge < -0.3 is 4.18 Å². The first kappa shape index (κ1) is 22.9. The molecular formula is C26H15F3N4O3S. The van der Waals surface area contributed by atoms with Gasteiger partial charge >= 0.3 is 15.6 Å². The lowest BCUT2D eigenvalue weighted by Gasteiger charge is -2.15. The molecule has 0 fully saturated rings. The summed E-state index contributed by atoms with van der Waals surface area (Å²) in [6.07, 6.45) is 3.29. The summed E-state index contributed by atoms with van der Waals surface area (Å²) in [4.78, 5) is 13.9. The summed E-state index contributed by atoms with van der Waals surface area (Å²) in [6, 6.07) is 21.9. The van der Waals surface area contributed by atoms with Gasteiger partial charge in [-0.05, 0) is 48.5 Å². The van der Waals surface area contributed by atoms with Crippen LogP contribution in [0.3, 0.4) is 0 Å². The average Bonchev–Trinajstić information content (AvgIpc) is 3.30. The lowest BCUT2D eigenvalue weighted by molar-refractivity contribution is -0.0499. The quantitative estimate of drug-likeness (QED) is 0.161. The van der Waals surface area contributed by atoms with Crippen molar-refractivity contribution in [2.24, 2.45) is 0 Å². The van der Waals surface area contributed by atoms with Crippen LogP contribution in [-0.2, 0) is 10.1 Å². The van der Waals surface area contributed by atoms with E-state index in [1.165, 1.54) is 12.1 Å². The average molecular weight is 520 g/mol. The molecule has 0 spiro atoms. The SMILES string of the molecule is O=S(=O)(Oc1ccccc1-c1nc2c3cccnc3c3ncccc3c2n1-c1ccccc1)C(F)(F)F. The van der Waals surface area contributed by atoms with Crippen LogP contribution in [0, 0.1) is 0 Å². The number of fused-ring (bicyclic) bond motifs is 6. The molecule has 184 valence electrons. The fourth-order valence-electron chi connectivity index (χ4n) is 4.33. The zero-order valence-corrected chi connectivity index (χ0v) is 19.5. The lowest BCUT2D eigenvalue weighted by Crippen LogP contribution is -2.28. The van der Waals surface area contributed by atoms with Crippen molar-refractivity contribution in [1.29, 1.82) is 0 Å². The van der Waals surface area contributed by atoms with Gasteiger partial charge in [0.05, 0.1) is 27.6 Å². The number of hydrogen-bond acceptors (Lipinski definition) is 6. The second kappa shape index (κ2) is 8.27. The van der Waals surface area contributed by atoms with E-state index in [2.05, 4.69) is 14.2 Å². The second-order valence-electron chi connectivity index (χ2n) is 8.08. The Hall–Kier alpha value is -4.51. The molecule has 3 aromatic heterocycles. The molecule has 3 aromatic carbocycles.